The third kappa shape index (κ3) is 4.23. The Bertz CT molecular complexity index is 1690. The molecular formula is C29H26N6O2. The summed E-state index contributed by atoms with van der Waals surface area (Å²) in [7, 11) is 3.33. The SMILES string of the molecule is COc1ccc(Cc2nc3cc(-n4cccn4)ccc3c3c(Cc4ccc(OC)cc4)n(N)nc23)cc1. The Morgan fingerprint density at radius 2 is 1.51 bits per heavy atom. The van der Waals surface area contributed by atoms with Crippen LogP contribution in [-0.2, 0) is 12.8 Å². The lowest BCUT2D eigenvalue weighted by molar-refractivity contribution is 0.414. The van der Waals surface area contributed by atoms with Crippen molar-refractivity contribution in [3.8, 4) is 17.2 Å². The van der Waals surface area contributed by atoms with Gasteiger partial charge in [-0.1, -0.05) is 24.3 Å². The maximum Gasteiger partial charge on any atom is 0.118 e. The number of pyridine rings is 1. The molecule has 0 atom stereocenters. The third-order valence-electron chi connectivity index (χ3n) is 6.62. The largest absolute Gasteiger partial charge is 0.497 e. The number of nitrogens with zero attached hydrogens (tertiary/aromatic N) is 5. The van der Waals surface area contributed by atoms with Gasteiger partial charge in [0.25, 0.3) is 0 Å². The van der Waals surface area contributed by atoms with Crippen molar-refractivity contribution >= 4 is 21.8 Å². The monoisotopic (exact) mass is 490 g/mol. The Hall–Kier alpha value is -4.85. The second-order valence-electron chi connectivity index (χ2n) is 8.88. The number of ether oxygens (including phenoxy) is 2. The van der Waals surface area contributed by atoms with Crippen LogP contribution in [0.1, 0.15) is 22.5 Å². The van der Waals surface area contributed by atoms with Gasteiger partial charge in [-0.25, -0.2) is 4.68 Å². The summed E-state index contributed by atoms with van der Waals surface area (Å²) in [6, 6.07) is 24.1. The topological polar surface area (TPSA) is 93.0 Å². The normalized spacial score (nSPS) is 11.3. The predicted octanol–water partition coefficient (Wildman–Crippen LogP) is 4.68. The van der Waals surface area contributed by atoms with Crippen LogP contribution < -0.4 is 15.3 Å². The van der Waals surface area contributed by atoms with E-state index in [9.17, 15) is 0 Å². The average Bonchev–Trinajstić information content (AvgIpc) is 3.58. The van der Waals surface area contributed by atoms with Crippen molar-refractivity contribution in [1.29, 1.82) is 0 Å². The molecule has 0 fully saturated rings. The fraction of sp³-hybridized carbons (Fsp3) is 0.138. The van der Waals surface area contributed by atoms with Crippen molar-refractivity contribution in [2.75, 3.05) is 20.1 Å². The molecule has 0 spiro atoms. The molecule has 0 aliphatic rings. The molecule has 2 N–H and O–H groups in total. The van der Waals surface area contributed by atoms with Gasteiger partial charge < -0.3 is 15.3 Å². The fourth-order valence-electron chi connectivity index (χ4n) is 4.71. The van der Waals surface area contributed by atoms with Gasteiger partial charge in [0, 0.05) is 36.0 Å². The number of hydrogen-bond acceptors (Lipinski definition) is 6. The first-order chi connectivity index (χ1) is 18.1. The maximum atomic E-state index is 6.48. The lowest BCUT2D eigenvalue weighted by atomic mass is 10.0. The Labute approximate surface area is 213 Å². The zero-order valence-corrected chi connectivity index (χ0v) is 20.6. The molecule has 0 aliphatic heterocycles. The minimum Gasteiger partial charge on any atom is -0.497 e. The fourth-order valence-corrected chi connectivity index (χ4v) is 4.71. The molecule has 3 heterocycles. The quantitative estimate of drug-likeness (QED) is 0.327. The lowest BCUT2D eigenvalue weighted by Crippen LogP contribution is -2.14. The zero-order chi connectivity index (χ0) is 25.4. The van der Waals surface area contributed by atoms with Crippen LogP contribution in [0.4, 0.5) is 0 Å². The van der Waals surface area contributed by atoms with Crippen LogP contribution in [0.15, 0.2) is 85.2 Å². The van der Waals surface area contributed by atoms with Gasteiger partial charge in [-0.15, -0.1) is 0 Å². The molecule has 0 radical (unpaired) electrons. The number of hydrogen-bond donors (Lipinski definition) is 1. The molecule has 0 bridgehead atoms. The van der Waals surface area contributed by atoms with Gasteiger partial charge in [-0.2, -0.15) is 15.0 Å². The number of methoxy groups -OCH3 is 2. The average molecular weight is 491 g/mol. The molecule has 0 unspecified atom stereocenters. The number of aromatic nitrogens is 5. The summed E-state index contributed by atoms with van der Waals surface area (Å²) in [5.74, 6) is 8.11. The highest BCUT2D eigenvalue weighted by molar-refractivity contribution is 6.07. The number of fused-ring (bicyclic) bond motifs is 3. The van der Waals surface area contributed by atoms with Crippen molar-refractivity contribution in [2.45, 2.75) is 12.8 Å². The molecule has 8 nitrogen and oxygen atoms in total. The van der Waals surface area contributed by atoms with Crippen molar-refractivity contribution < 1.29 is 9.47 Å². The van der Waals surface area contributed by atoms with Crippen molar-refractivity contribution in [3.05, 3.63) is 108 Å². The van der Waals surface area contributed by atoms with Gasteiger partial charge in [-0.05, 0) is 59.7 Å². The van der Waals surface area contributed by atoms with Gasteiger partial charge in [0.05, 0.1) is 36.8 Å². The van der Waals surface area contributed by atoms with Crippen LogP contribution in [0.5, 0.6) is 11.5 Å². The lowest BCUT2D eigenvalue weighted by Gasteiger charge is -2.10. The van der Waals surface area contributed by atoms with E-state index in [-0.39, 0.29) is 0 Å². The van der Waals surface area contributed by atoms with Crippen LogP contribution in [0.25, 0.3) is 27.5 Å². The van der Waals surface area contributed by atoms with Gasteiger partial charge >= 0.3 is 0 Å². The summed E-state index contributed by atoms with van der Waals surface area (Å²) in [6.07, 6.45) is 4.92. The Balaban J connectivity index is 1.53. The zero-order valence-electron chi connectivity index (χ0n) is 20.6. The van der Waals surface area contributed by atoms with Crippen molar-refractivity contribution in [2.24, 2.45) is 0 Å². The van der Waals surface area contributed by atoms with Crippen LogP contribution >= 0.6 is 0 Å². The summed E-state index contributed by atoms with van der Waals surface area (Å²) < 4.78 is 12.5. The van der Waals surface area contributed by atoms with Crippen LogP contribution in [0.2, 0.25) is 0 Å². The van der Waals surface area contributed by atoms with E-state index < -0.39 is 0 Å². The van der Waals surface area contributed by atoms with E-state index in [1.165, 1.54) is 4.79 Å². The standard InChI is InChI=1S/C29H26N6O2/c1-36-22-9-4-19(5-10-22)16-26-29-28(24-13-8-21(18-25(24)32-26)34-15-3-14-31-34)27(35(30)33-29)17-20-6-11-23(37-2)12-7-20/h3-15,18H,16-17,30H2,1-2H3. The Morgan fingerprint density at radius 3 is 2.14 bits per heavy atom. The highest BCUT2D eigenvalue weighted by Crippen LogP contribution is 2.32. The molecule has 0 saturated heterocycles. The molecule has 3 aromatic carbocycles. The number of nitrogens with two attached hydrogens (primary N) is 1. The summed E-state index contributed by atoms with van der Waals surface area (Å²) in [6.45, 7) is 0. The predicted molar refractivity (Wildman–Crippen MR) is 144 cm³/mol. The Morgan fingerprint density at radius 1 is 0.838 bits per heavy atom. The van der Waals surface area contributed by atoms with E-state index in [1.54, 1.807) is 20.4 Å². The smallest absolute Gasteiger partial charge is 0.118 e. The van der Waals surface area contributed by atoms with E-state index in [0.717, 1.165) is 61.5 Å². The molecule has 6 rings (SSSR count). The van der Waals surface area contributed by atoms with Crippen molar-refractivity contribution in [3.63, 3.8) is 0 Å². The summed E-state index contributed by atoms with van der Waals surface area (Å²) in [5.41, 5.74) is 6.64. The van der Waals surface area contributed by atoms with Gasteiger partial charge in [0.1, 0.15) is 17.0 Å². The second-order valence-corrected chi connectivity index (χ2v) is 8.88. The number of rotatable bonds is 7. The van der Waals surface area contributed by atoms with Crippen molar-refractivity contribution in [1.82, 2.24) is 24.7 Å². The molecule has 0 amide bonds. The molecular weight excluding hydrogens is 464 g/mol. The highest BCUT2D eigenvalue weighted by atomic mass is 16.5. The highest BCUT2D eigenvalue weighted by Gasteiger charge is 2.19. The first kappa shape index (κ1) is 22.6. The molecule has 6 aromatic rings. The summed E-state index contributed by atoms with van der Waals surface area (Å²) in [4.78, 5) is 6.57. The second kappa shape index (κ2) is 9.31. The first-order valence-corrected chi connectivity index (χ1v) is 12.0. The van der Waals surface area contributed by atoms with E-state index in [2.05, 4.69) is 41.5 Å². The van der Waals surface area contributed by atoms with Gasteiger partial charge in [0.15, 0.2) is 0 Å². The molecule has 0 aliphatic carbocycles. The molecule has 8 heteroatoms. The molecule has 184 valence electrons. The summed E-state index contributed by atoms with van der Waals surface area (Å²) >= 11 is 0. The van der Waals surface area contributed by atoms with Crippen LogP contribution in [0, 0.1) is 0 Å². The molecule has 0 saturated carbocycles. The molecule has 37 heavy (non-hydrogen) atoms. The van der Waals surface area contributed by atoms with Gasteiger partial charge in [0.2, 0.25) is 0 Å². The van der Waals surface area contributed by atoms with Gasteiger partial charge in [-0.3, -0.25) is 4.98 Å². The van der Waals surface area contributed by atoms with E-state index in [0.29, 0.717) is 12.8 Å². The van der Waals surface area contributed by atoms with Crippen LogP contribution in [-0.4, -0.2) is 38.9 Å². The van der Waals surface area contributed by atoms with E-state index in [1.807, 2.05) is 47.3 Å². The minimum absolute atomic E-state index is 0.613. The third-order valence-corrected chi connectivity index (χ3v) is 6.62. The van der Waals surface area contributed by atoms with E-state index in [4.69, 9.17) is 25.4 Å². The molecule has 3 aromatic heterocycles. The van der Waals surface area contributed by atoms with Crippen LogP contribution in [0.3, 0.4) is 0 Å². The minimum atomic E-state index is 0.613. The number of nitrogen functional groups attached to an aromatic ring is 1. The number of benzene rings is 3. The Kier molecular flexibility index (Phi) is 5.69. The first-order valence-electron chi connectivity index (χ1n) is 12.0. The van der Waals surface area contributed by atoms with E-state index >= 15 is 0 Å². The maximum absolute atomic E-state index is 6.48. The summed E-state index contributed by atoms with van der Waals surface area (Å²) in [5, 5.41) is 11.2.